The van der Waals surface area contributed by atoms with E-state index in [0.29, 0.717) is 0 Å². The van der Waals surface area contributed by atoms with E-state index in [1.54, 1.807) is 0 Å². The summed E-state index contributed by atoms with van der Waals surface area (Å²) in [5, 5.41) is 0. The molecular formula is C8H22O2Si3. The van der Waals surface area contributed by atoms with Gasteiger partial charge in [-0.25, -0.2) is 0 Å². The van der Waals surface area contributed by atoms with Gasteiger partial charge in [-0.15, -0.1) is 0 Å². The van der Waals surface area contributed by atoms with Crippen molar-refractivity contribution in [2.75, 3.05) is 0 Å². The molecule has 0 saturated heterocycles. The average molecular weight is 235 g/mol. The molecule has 0 aromatic heterocycles. The van der Waals surface area contributed by atoms with E-state index in [1.165, 1.54) is 0 Å². The van der Waals surface area contributed by atoms with Crippen LogP contribution in [0.5, 0.6) is 0 Å². The number of hydrogen-bond donors (Lipinski definition) is 0. The van der Waals surface area contributed by atoms with Crippen molar-refractivity contribution in [1.29, 1.82) is 0 Å². The van der Waals surface area contributed by atoms with Crippen LogP contribution in [0.2, 0.25) is 38.3 Å². The normalized spacial score (nSPS) is 12.9. The second kappa shape index (κ2) is 6.13. The summed E-state index contributed by atoms with van der Waals surface area (Å²) in [5.74, 6) is 0. The van der Waals surface area contributed by atoms with Crippen LogP contribution < -0.4 is 0 Å². The Morgan fingerprint density at radius 2 is 1.15 bits per heavy atom. The lowest BCUT2D eigenvalue weighted by Gasteiger charge is -2.32. The summed E-state index contributed by atoms with van der Waals surface area (Å²) < 4.78 is 12.2. The molecule has 0 spiro atoms. The highest BCUT2D eigenvalue weighted by Crippen LogP contribution is 2.20. The van der Waals surface area contributed by atoms with E-state index in [-0.39, 0.29) is 0 Å². The summed E-state index contributed by atoms with van der Waals surface area (Å²) in [6, 6.07) is 2.18. The molecule has 0 aromatic rings. The van der Waals surface area contributed by atoms with Crippen LogP contribution in [0.25, 0.3) is 0 Å². The van der Waals surface area contributed by atoms with E-state index in [2.05, 4.69) is 40.0 Å². The van der Waals surface area contributed by atoms with Gasteiger partial charge < -0.3 is 8.23 Å². The van der Waals surface area contributed by atoms with Gasteiger partial charge in [0, 0.05) is 0 Å². The Kier molecular flexibility index (Phi) is 6.40. The largest absolute Gasteiger partial charge is 0.436 e. The Balaban J connectivity index is 4.30. The smallest absolute Gasteiger partial charge is 0.316 e. The highest BCUT2D eigenvalue weighted by Gasteiger charge is 2.35. The van der Waals surface area contributed by atoms with E-state index in [9.17, 15) is 0 Å². The zero-order chi connectivity index (χ0) is 10.5. The van der Waals surface area contributed by atoms with Crippen LogP contribution in [0.15, 0.2) is 0 Å². The minimum atomic E-state index is -1.78. The maximum atomic E-state index is 6.09. The molecule has 0 heterocycles. The van der Waals surface area contributed by atoms with Crippen LogP contribution in [-0.2, 0) is 8.23 Å². The third kappa shape index (κ3) is 5.12. The van der Waals surface area contributed by atoms with Crippen molar-refractivity contribution in [1.82, 2.24) is 0 Å². The van der Waals surface area contributed by atoms with Gasteiger partial charge in [-0.05, 0) is 38.3 Å². The van der Waals surface area contributed by atoms with Gasteiger partial charge in [0.25, 0.3) is 0 Å². The fourth-order valence-electron chi connectivity index (χ4n) is 1.30. The summed E-state index contributed by atoms with van der Waals surface area (Å²) in [6.45, 7) is 13.2. The standard InChI is InChI=1S/C8H22O2Si3/c1-7-13(8-2,9-11(3)4)10-12(5)6/h7-8H2,1-6H3. The van der Waals surface area contributed by atoms with Crippen LogP contribution in [-0.4, -0.2) is 26.6 Å². The van der Waals surface area contributed by atoms with Gasteiger partial charge in [0.05, 0.1) is 0 Å². The van der Waals surface area contributed by atoms with Gasteiger partial charge in [-0.3, -0.25) is 0 Å². The van der Waals surface area contributed by atoms with Crippen molar-refractivity contribution < 1.29 is 8.23 Å². The molecule has 0 aromatic carbocycles. The molecule has 0 amide bonds. The monoisotopic (exact) mass is 234 g/mol. The van der Waals surface area contributed by atoms with Gasteiger partial charge in [-0.1, -0.05) is 13.8 Å². The fourth-order valence-corrected chi connectivity index (χ4v) is 10.6. The zero-order valence-corrected chi connectivity index (χ0v) is 12.7. The van der Waals surface area contributed by atoms with Crippen molar-refractivity contribution >= 4 is 26.6 Å². The molecule has 0 aliphatic heterocycles. The lowest BCUT2D eigenvalue weighted by Crippen LogP contribution is -2.46. The van der Waals surface area contributed by atoms with Crippen molar-refractivity contribution in [2.24, 2.45) is 0 Å². The second-order valence-electron chi connectivity index (χ2n) is 3.64. The lowest BCUT2D eigenvalue weighted by atomic mass is 10.9. The molecule has 0 atom stereocenters. The van der Waals surface area contributed by atoms with Gasteiger partial charge >= 0.3 is 8.56 Å². The van der Waals surface area contributed by atoms with E-state index in [0.717, 1.165) is 12.1 Å². The Morgan fingerprint density at radius 1 is 0.846 bits per heavy atom. The van der Waals surface area contributed by atoms with Crippen molar-refractivity contribution in [3.05, 3.63) is 0 Å². The molecule has 2 radical (unpaired) electrons. The van der Waals surface area contributed by atoms with E-state index in [1.807, 2.05) is 0 Å². The van der Waals surface area contributed by atoms with Crippen molar-refractivity contribution in [2.45, 2.75) is 52.1 Å². The van der Waals surface area contributed by atoms with Crippen LogP contribution in [0.3, 0.4) is 0 Å². The first-order valence-electron chi connectivity index (χ1n) is 4.94. The quantitative estimate of drug-likeness (QED) is 0.658. The molecular weight excluding hydrogens is 212 g/mol. The van der Waals surface area contributed by atoms with Crippen LogP contribution >= 0.6 is 0 Å². The van der Waals surface area contributed by atoms with Crippen LogP contribution in [0.1, 0.15) is 13.8 Å². The molecule has 0 rings (SSSR count). The first kappa shape index (κ1) is 13.6. The predicted molar refractivity (Wildman–Crippen MR) is 63.9 cm³/mol. The third-order valence-corrected chi connectivity index (χ3v) is 10.3. The summed E-state index contributed by atoms with van der Waals surface area (Å²) in [5.41, 5.74) is 0. The molecule has 5 heteroatoms. The minimum Gasteiger partial charge on any atom is -0.436 e. The Labute approximate surface area is 87.4 Å². The highest BCUT2D eigenvalue weighted by molar-refractivity contribution is 6.79. The molecule has 2 nitrogen and oxygen atoms in total. The zero-order valence-electron chi connectivity index (χ0n) is 9.73. The molecule has 0 saturated carbocycles. The fraction of sp³-hybridized carbons (Fsp3) is 1.00. The summed E-state index contributed by atoms with van der Waals surface area (Å²) in [4.78, 5) is 0. The lowest BCUT2D eigenvalue weighted by molar-refractivity contribution is 0.395. The first-order chi connectivity index (χ1) is 5.95. The number of hydrogen-bond acceptors (Lipinski definition) is 2. The van der Waals surface area contributed by atoms with Gasteiger partial charge in [0.1, 0.15) is 0 Å². The number of rotatable bonds is 6. The van der Waals surface area contributed by atoms with Crippen molar-refractivity contribution in [3.63, 3.8) is 0 Å². The van der Waals surface area contributed by atoms with Gasteiger partial charge in [0.15, 0.2) is 18.1 Å². The SMILES string of the molecule is CC[Si](CC)(O[Si](C)C)O[Si](C)C. The third-order valence-electron chi connectivity index (χ3n) is 1.86. The topological polar surface area (TPSA) is 18.5 Å². The predicted octanol–water partition coefficient (Wildman–Crippen LogP) is 3.00. The summed E-state index contributed by atoms with van der Waals surface area (Å²) >= 11 is 0. The van der Waals surface area contributed by atoms with Crippen LogP contribution in [0.4, 0.5) is 0 Å². The molecule has 0 aliphatic carbocycles. The molecule has 0 aliphatic rings. The molecule has 13 heavy (non-hydrogen) atoms. The second-order valence-corrected chi connectivity index (χ2v) is 12.1. The van der Waals surface area contributed by atoms with Crippen LogP contribution in [0, 0.1) is 0 Å². The molecule has 78 valence electrons. The van der Waals surface area contributed by atoms with E-state index < -0.39 is 26.6 Å². The maximum absolute atomic E-state index is 6.09. The van der Waals surface area contributed by atoms with Gasteiger partial charge in [0.2, 0.25) is 0 Å². The molecule has 0 fully saturated rings. The van der Waals surface area contributed by atoms with E-state index >= 15 is 0 Å². The highest BCUT2D eigenvalue weighted by atomic mass is 28.5. The maximum Gasteiger partial charge on any atom is 0.316 e. The van der Waals surface area contributed by atoms with Crippen molar-refractivity contribution in [3.8, 4) is 0 Å². The Hall–Kier alpha value is 0.571. The van der Waals surface area contributed by atoms with Gasteiger partial charge in [-0.2, -0.15) is 0 Å². The molecule has 0 unspecified atom stereocenters. The summed E-state index contributed by atoms with van der Waals surface area (Å²) in [7, 11) is -2.99. The Bertz CT molecular complexity index is 123. The molecule has 0 bridgehead atoms. The molecule has 0 N–H and O–H groups in total. The minimum absolute atomic E-state index is 0.607. The Morgan fingerprint density at radius 3 is 1.31 bits per heavy atom. The van der Waals surface area contributed by atoms with E-state index in [4.69, 9.17) is 8.23 Å². The average Bonchev–Trinajstić information content (AvgIpc) is 2.01. The first-order valence-corrected chi connectivity index (χ1v) is 12.0. The summed E-state index contributed by atoms with van der Waals surface area (Å²) in [6.07, 6.45) is 0.